The zero-order chi connectivity index (χ0) is 15.5. The molecule has 5 heteroatoms. The number of aryl methyl sites for hydroxylation is 1. The van der Waals surface area contributed by atoms with E-state index in [-0.39, 0.29) is 0 Å². The summed E-state index contributed by atoms with van der Waals surface area (Å²) in [6.45, 7) is 4.93. The van der Waals surface area contributed by atoms with Gasteiger partial charge in [0.15, 0.2) is 0 Å². The maximum atomic E-state index is 11.1. The fourth-order valence-electron chi connectivity index (χ4n) is 3.27. The fraction of sp³-hybridized carbons (Fsp3) is 0.412. The Balaban J connectivity index is 1.69. The number of nitrogens with zero attached hydrogens (tertiary/aromatic N) is 2. The van der Waals surface area contributed by atoms with E-state index in [9.17, 15) is 4.79 Å². The van der Waals surface area contributed by atoms with Gasteiger partial charge in [-0.1, -0.05) is 12.1 Å². The number of carboxylic acid groups (broad SMARTS) is 1. The van der Waals surface area contributed by atoms with Gasteiger partial charge in [-0.2, -0.15) is 5.10 Å². The summed E-state index contributed by atoms with van der Waals surface area (Å²) in [5, 5.41) is 16.3. The third kappa shape index (κ3) is 3.20. The van der Waals surface area contributed by atoms with Crippen LogP contribution in [0, 0.1) is 6.92 Å². The van der Waals surface area contributed by atoms with Crippen LogP contribution in [-0.2, 0) is 6.54 Å². The number of nitrogens with one attached hydrogen (secondary N) is 1. The second kappa shape index (κ2) is 6.32. The van der Waals surface area contributed by atoms with E-state index in [0.717, 1.165) is 31.6 Å². The Morgan fingerprint density at radius 3 is 3.09 bits per heavy atom. The summed E-state index contributed by atoms with van der Waals surface area (Å²) >= 11 is 0. The van der Waals surface area contributed by atoms with Crippen molar-refractivity contribution in [2.24, 2.45) is 0 Å². The van der Waals surface area contributed by atoms with Crippen LogP contribution in [0.2, 0.25) is 0 Å². The number of aromatic amines is 1. The summed E-state index contributed by atoms with van der Waals surface area (Å²) in [7, 11) is 0. The van der Waals surface area contributed by atoms with Crippen molar-refractivity contribution >= 4 is 5.97 Å². The molecule has 0 bridgehead atoms. The topological polar surface area (TPSA) is 69.2 Å². The zero-order valence-corrected chi connectivity index (χ0v) is 12.7. The molecule has 0 saturated carbocycles. The van der Waals surface area contributed by atoms with Gasteiger partial charge in [-0.05, 0) is 49.6 Å². The van der Waals surface area contributed by atoms with Crippen LogP contribution < -0.4 is 0 Å². The van der Waals surface area contributed by atoms with E-state index in [1.165, 1.54) is 17.7 Å². The Kier molecular flexibility index (Phi) is 4.24. The molecule has 0 aliphatic carbocycles. The van der Waals surface area contributed by atoms with Crippen molar-refractivity contribution in [1.29, 1.82) is 0 Å². The molecule has 1 aliphatic heterocycles. The fourth-order valence-corrected chi connectivity index (χ4v) is 3.27. The molecule has 1 unspecified atom stereocenters. The van der Waals surface area contributed by atoms with Gasteiger partial charge in [-0.15, -0.1) is 0 Å². The SMILES string of the molecule is Cc1cn[nH]c1C1CCCN(Cc2cccc(C(=O)O)c2)C1. The molecule has 2 heterocycles. The highest BCUT2D eigenvalue weighted by Crippen LogP contribution is 2.28. The number of piperidine rings is 1. The first-order valence-corrected chi connectivity index (χ1v) is 7.68. The van der Waals surface area contributed by atoms with Gasteiger partial charge in [0.05, 0.1) is 11.8 Å². The van der Waals surface area contributed by atoms with E-state index in [0.29, 0.717) is 11.5 Å². The van der Waals surface area contributed by atoms with Crippen molar-refractivity contribution < 1.29 is 9.90 Å². The van der Waals surface area contributed by atoms with Gasteiger partial charge in [0, 0.05) is 24.7 Å². The lowest BCUT2D eigenvalue weighted by Gasteiger charge is -2.32. The summed E-state index contributed by atoms with van der Waals surface area (Å²) in [5.41, 5.74) is 3.88. The average molecular weight is 299 g/mol. The first kappa shape index (κ1) is 14.8. The minimum Gasteiger partial charge on any atom is -0.478 e. The summed E-state index contributed by atoms with van der Waals surface area (Å²) in [6, 6.07) is 7.23. The minimum absolute atomic E-state index is 0.357. The predicted molar refractivity (Wildman–Crippen MR) is 84.0 cm³/mol. The Labute approximate surface area is 130 Å². The van der Waals surface area contributed by atoms with E-state index < -0.39 is 5.97 Å². The number of benzene rings is 1. The number of aromatic nitrogens is 2. The standard InChI is InChI=1S/C17H21N3O2/c1-12-9-18-19-16(12)15-6-3-7-20(11-15)10-13-4-2-5-14(8-13)17(21)22/h2,4-5,8-9,15H,3,6-7,10-11H2,1H3,(H,18,19)(H,21,22). The lowest BCUT2D eigenvalue weighted by Crippen LogP contribution is -2.34. The normalized spacial score (nSPS) is 19.2. The number of hydrogen-bond donors (Lipinski definition) is 2. The Hall–Kier alpha value is -2.14. The summed E-state index contributed by atoms with van der Waals surface area (Å²) < 4.78 is 0. The van der Waals surface area contributed by atoms with Gasteiger partial charge in [0.2, 0.25) is 0 Å². The predicted octanol–water partition coefficient (Wildman–Crippen LogP) is 2.80. The molecule has 3 rings (SSSR count). The molecule has 22 heavy (non-hydrogen) atoms. The first-order chi connectivity index (χ1) is 10.6. The van der Waals surface area contributed by atoms with Gasteiger partial charge < -0.3 is 5.11 Å². The number of rotatable bonds is 4. The molecule has 1 aliphatic rings. The zero-order valence-electron chi connectivity index (χ0n) is 12.7. The van der Waals surface area contributed by atoms with E-state index in [4.69, 9.17) is 5.11 Å². The van der Waals surface area contributed by atoms with Crippen molar-refractivity contribution in [3.63, 3.8) is 0 Å². The molecule has 5 nitrogen and oxygen atoms in total. The lowest BCUT2D eigenvalue weighted by molar-refractivity contribution is 0.0696. The molecule has 2 aromatic rings. The van der Waals surface area contributed by atoms with Gasteiger partial charge in [-0.3, -0.25) is 10.00 Å². The number of aromatic carboxylic acids is 1. The Bertz CT molecular complexity index is 665. The third-order valence-electron chi connectivity index (χ3n) is 4.36. The molecule has 1 fully saturated rings. The highest BCUT2D eigenvalue weighted by molar-refractivity contribution is 5.87. The van der Waals surface area contributed by atoms with Crippen molar-refractivity contribution in [2.75, 3.05) is 13.1 Å². The number of carboxylic acids is 1. The van der Waals surface area contributed by atoms with Gasteiger partial charge in [0.25, 0.3) is 0 Å². The molecule has 0 radical (unpaired) electrons. The maximum Gasteiger partial charge on any atom is 0.335 e. The van der Waals surface area contributed by atoms with E-state index in [1.807, 2.05) is 18.3 Å². The molecule has 0 amide bonds. The summed E-state index contributed by atoms with van der Waals surface area (Å²) in [5.74, 6) is -0.384. The maximum absolute atomic E-state index is 11.1. The minimum atomic E-state index is -0.869. The first-order valence-electron chi connectivity index (χ1n) is 7.68. The van der Waals surface area contributed by atoms with E-state index in [1.54, 1.807) is 12.1 Å². The monoisotopic (exact) mass is 299 g/mol. The molecule has 1 atom stereocenters. The van der Waals surface area contributed by atoms with Crippen LogP contribution in [0.15, 0.2) is 30.5 Å². The smallest absolute Gasteiger partial charge is 0.335 e. The molecule has 2 N–H and O–H groups in total. The van der Waals surface area contributed by atoms with Crippen molar-refractivity contribution in [3.05, 3.63) is 52.8 Å². The number of likely N-dealkylation sites (tertiary alicyclic amines) is 1. The van der Waals surface area contributed by atoms with Gasteiger partial charge in [0.1, 0.15) is 0 Å². The molecular formula is C17H21N3O2. The van der Waals surface area contributed by atoms with E-state index in [2.05, 4.69) is 22.0 Å². The molecule has 116 valence electrons. The van der Waals surface area contributed by atoms with Crippen molar-refractivity contribution in [1.82, 2.24) is 15.1 Å². The average Bonchev–Trinajstić information content (AvgIpc) is 2.94. The second-order valence-corrected chi connectivity index (χ2v) is 6.05. The third-order valence-corrected chi connectivity index (χ3v) is 4.36. The van der Waals surface area contributed by atoms with Gasteiger partial charge in [-0.25, -0.2) is 4.79 Å². The second-order valence-electron chi connectivity index (χ2n) is 6.05. The van der Waals surface area contributed by atoms with Crippen molar-refractivity contribution in [2.45, 2.75) is 32.2 Å². The number of hydrogen-bond acceptors (Lipinski definition) is 3. The number of carbonyl (C=O) groups is 1. The Morgan fingerprint density at radius 1 is 1.50 bits per heavy atom. The van der Waals surface area contributed by atoms with E-state index >= 15 is 0 Å². The largest absolute Gasteiger partial charge is 0.478 e. The molecule has 1 saturated heterocycles. The highest BCUT2D eigenvalue weighted by Gasteiger charge is 2.23. The molecular weight excluding hydrogens is 278 g/mol. The van der Waals surface area contributed by atoms with Crippen molar-refractivity contribution in [3.8, 4) is 0 Å². The van der Waals surface area contributed by atoms with Crippen LogP contribution in [0.4, 0.5) is 0 Å². The Morgan fingerprint density at radius 2 is 2.36 bits per heavy atom. The molecule has 1 aromatic carbocycles. The molecule has 1 aromatic heterocycles. The van der Waals surface area contributed by atoms with Crippen LogP contribution in [0.3, 0.4) is 0 Å². The van der Waals surface area contributed by atoms with Crippen LogP contribution in [0.25, 0.3) is 0 Å². The highest BCUT2D eigenvalue weighted by atomic mass is 16.4. The number of H-pyrrole nitrogens is 1. The van der Waals surface area contributed by atoms with Crippen LogP contribution in [-0.4, -0.2) is 39.3 Å². The van der Waals surface area contributed by atoms with Crippen LogP contribution >= 0.6 is 0 Å². The van der Waals surface area contributed by atoms with Gasteiger partial charge >= 0.3 is 5.97 Å². The summed E-state index contributed by atoms with van der Waals surface area (Å²) in [6.07, 6.45) is 4.21. The van der Waals surface area contributed by atoms with Crippen LogP contribution in [0.1, 0.15) is 45.9 Å². The summed E-state index contributed by atoms with van der Waals surface area (Å²) in [4.78, 5) is 13.5. The quantitative estimate of drug-likeness (QED) is 0.911. The van der Waals surface area contributed by atoms with Crippen LogP contribution in [0.5, 0.6) is 0 Å². The molecule has 0 spiro atoms. The lowest BCUT2D eigenvalue weighted by atomic mass is 9.92.